The van der Waals surface area contributed by atoms with Crippen molar-refractivity contribution in [3.63, 3.8) is 0 Å². The van der Waals surface area contributed by atoms with Crippen LogP contribution < -0.4 is 35.1 Å². The number of carbonyl (C=O) groups is 4. The van der Waals surface area contributed by atoms with Gasteiger partial charge in [0.1, 0.15) is 15.6 Å². The lowest BCUT2D eigenvalue weighted by atomic mass is 9.74. The van der Waals surface area contributed by atoms with Crippen molar-refractivity contribution in [2.75, 3.05) is 82.3 Å². The number of carbonyl (C=O) groups excluding carboxylic acids is 4. The average Bonchev–Trinajstić information content (AvgIpc) is 3.58. The maximum atomic E-state index is 15.0. The molecule has 4 aromatic carbocycles. The molecule has 0 saturated carbocycles. The van der Waals surface area contributed by atoms with Gasteiger partial charge in [-0.25, -0.2) is 21.6 Å². The molecule has 0 aliphatic carbocycles. The number of imide groups is 2. The number of amides is 4. The van der Waals surface area contributed by atoms with E-state index in [-0.39, 0.29) is 48.4 Å². The van der Waals surface area contributed by atoms with Crippen molar-refractivity contribution < 1.29 is 55.0 Å². The smallest absolute Gasteiger partial charge is 0.264 e. The molecule has 2 unspecified atom stereocenters. The van der Waals surface area contributed by atoms with E-state index < -0.39 is 62.4 Å². The number of piperidine rings is 2. The van der Waals surface area contributed by atoms with Gasteiger partial charge in [-0.15, -0.1) is 0 Å². The van der Waals surface area contributed by atoms with Gasteiger partial charge < -0.3 is 35.2 Å². The van der Waals surface area contributed by atoms with Crippen LogP contribution in [0.5, 0.6) is 23.0 Å². The molecule has 4 aromatic rings. The Labute approximate surface area is 405 Å². The number of methoxy groups -OCH3 is 1. The molecule has 8 rings (SSSR count). The second-order valence-corrected chi connectivity index (χ2v) is 20.1. The molecule has 20 heteroatoms. The van der Waals surface area contributed by atoms with Crippen molar-refractivity contribution in [2.45, 2.75) is 58.0 Å². The topological polar surface area (TPSA) is 200 Å². The van der Waals surface area contributed by atoms with Crippen molar-refractivity contribution in [1.82, 2.24) is 20.4 Å². The molecule has 0 radical (unpaired) electrons. The summed E-state index contributed by atoms with van der Waals surface area (Å²) in [5.74, 6) is -4.57. The van der Waals surface area contributed by atoms with E-state index in [1.54, 1.807) is 73.5 Å². The van der Waals surface area contributed by atoms with Gasteiger partial charge in [0.15, 0.2) is 23.1 Å². The number of alkyl halides is 2. The van der Waals surface area contributed by atoms with Gasteiger partial charge >= 0.3 is 0 Å². The van der Waals surface area contributed by atoms with Gasteiger partial charge in [0.2, 0.25) is 11.8 Å². The maximum Gasteiger partial charge on any atom is 0.264 e. The zero-order chi connectivity index (χ0) is 50.5. The molecule has 374 valence electrons. The Bertz CT molecular complexity index is 2770. The number of ether oxygens (including phenoxy) is 3. The Kier molecular flexibility index (Phi) is 15.6. The van der Waals surface area contributed by atoms with Crippen LogP contribution in [0.3, 0.4) is 0 Å². The van der Waals surface area contributed by atoms with Crippen molar-refractivity contribution in [3.05, 3.63) is 106 Å². The zero-order valence-corrected chi connectivity index (χ0v) is 40.6. The van der Waals surface area contributed by atoms with Crippen LogP contribution >= 0.6 is 0 Å². The van der Waals surface area contributed by atoms with Crippen LogP contribution in [0.1, 0.15) is 83.0 Å². The standard InChI is InChI=1S/C26H29F3N4O3.C24H29N3O6S/c1-25(10-8-22(34)32-24(25)35)23(30)18-12-19(27)21(13-20(18)31-2)36-17-6-4-16(5-7-17)14-33-11-3-9-26(28,29)15-33;1-4-33-21-14-16(8-9-20(21)32-2)19(15-34(3,30)31)27-23(28)17-6-5-7-18(22(17)24(27)29)26-12-10-25-11-13-26/h4-7,12-13,30-31H,3,8-11,14-15H2,1-2H3,(H,32,34,35);5-9,14,19,25H,4,10-13,15H2,1-3H3. The van der Waals surface area contributed by atoms with Crippen molar-refractivity contribution in [3.8, 4) is 23.0 Å². The molecule has 3 fully saturated rings. The summed E-state index contributed by atoms with van der Waals surface area (Å²) >= 11 is 0. The van der Waals surface area contributed by atoms with E-state index >= 15 is 4.39 Å². The normalized spacial score (nSPS) is 19.7. The number of sulfone groups is 1. The number of likely N-dealkylation sites (tertiary alicyclic amines) is 1. The van der Waals surface area contributed by atoms with Crippen LogP contribution in [0.15, 0.2) is 72.8 Å². The van der Waals surface area contributed by atoms with Crippen LogP contribution in [-0.4, -0.2) is 126 Å². The molecule has 3 saturated heterocycles. The van der Waals surface area contributed by atoms with E-state index in [0.29, 0.717) is 79.0 Å². The maximum absolute atomic E-state index is 15.0. The first-order valence-corrected chi connectivity index (χ1v) is 25.1. The number of anilines is 2. The van der Waals surface area contributed by atoms with E-state index in [1.165, 1.54) is 13.2 Å². The highest BCUT2D eigenvalue weighted by Crippen LogP contribution is 2.41. The minimum atomic E-state index is -3.55. The quantitative estimate of drug-likeness (QED) is 0.0736. The number of piperazine rings is 1. The summed E-state index contributed by atoms with van der Waals surface area (Å²) in [7, 11) is -0.433. The van der Waals surface area contributed by atoms with Crippen LogP contribution in [0.2, 0.25) is 0 Å². The third-order valence-corrected chi connectivity index (χ3v) is 13.7. The van der Waals surface area contributed by atoms with Gasteiger partial charge in [-0.05, 0) is 86.8 Å². The fourth-order valence-corrected chi connectivity index (χ4v) is 10.0. The van der Waals surface area contributed by atoms with Gasteiger partial charge in [0.05, 0.1) is 60.0 Å². The lowest BCUT2D eigenvalue weighted by Gasteiger charge is -2.33. The van der Waals surface area contributed by atoms with E-state index in [9.17, 15) is 36.4 Å². The van der Waals surface area contributed by atoms with Crippen LogP contribution in [0, 0.1) is 16.6 Å². The Morgan fingerprint density at radius 1 is 0.929 bits per heavy atom. The number of fused-ring (bicyclic) bond motifs is 1. The predicted octanol–water partition coefficient (Wildman–Crippen LogP) is 6.59. The van der Waals surface area contributed by atoms with E-state index in [0.717, 1.165) is 35.9 Å². The van der Waals surface area contributed by atoms with Crippen LogP contribution in [0.25, 0.3) is 0 Å². The molecule has 4 amide bonds. The van der Waals surface area contributed by atoms with Gasteiger partial charge in [0.25, 0.3) is 17.7 Å². The molecule has 16 nitrogen and oxygen atoms in total. The molecule has 4 N–H and O–H groups in total. The largest absolute Gasteiger partial charge is 0.493 e. The van der Waals surface area contributed by atoms with Gasteiger partial charge in [0, 0.05) is 76.2 Å². The highest BCUT2D eigenvalue weighted by molar-refractivity contribution is 7.90. The van der Waals surface area contributed by atoms with Crippen molar-refractivity contribution in [1.29, 1.82) is 5.41 Å². The summed E-state index contributed by atoms with van der Waals surface area (Å²) in [6, 6.07) is 18.5. The molecule has 0 bridgehead atoms. The number of halogens is 3. The number of hydrogen-bond acceptors (Lipinski definition) is 14. The van der Waals surface area contributed by atoms with E-state index in [1.807, 2.05) is 13.0 Å². The highest BCUT2D eigenvalue weighted by atomic mass is 32.2. The van der Waals surface area contributed by atoms with Crippen molar-refractivity contribution in [2.24, 2.45) is 5.41 Å². The van der Waals surface area contributed by atoms with Gasteiger partial charge in [-0.1, -0.05) is 24.3 Å². The minimum absolute atomic E-state index is 0.0762. The number of rotatable bonds is 15. The summed E-state index contributed by atoms with van der Waals surface area (Å²) in [6.45, 7) is 7.47. The molecular formula is C50H58F3N7O9S. The molecule has 4 aliphatic rings. The summed E-state index contributed by atoms with van der Waals surface area (Å²) in [6.07, 6.45) is 1.72. The van der Waals surface area contributed by atoms with Crippen LogP contribution in [0.4, 0.5) is 24.5 Å². The summed E-state index contributed by atoms with van der Waals surface area (Å²) in [4.78, 5) is 56.1. The Hall–Kier alpha value is -6.51. The Balaban J connectivity index is 0.000000207. The first-order chi connectivity index (χ1) is 33.2. The van der Waals surface area contributed by atoms with Crippen molar-refractivity contribution >= 4 is 50.6 Å². The first-order valence-electron chi connectivity index (χ1n) is 23.0. The lowest BCUT2D eigenvalue weighted by Crippen LogP contribution is -2.51. The highest BCUT2D eigenvalue weighted by Gasteiger charge is 2.45. The molecule has 0 aromatic heterocycles. The average molecular weight is 990 g/mol. The fourth-order valence-electron chi connectivity index (χ4n) is 9.13. The third kappa shape index (κ3) is 11.4. The molecule has 4 aliphatic heterocycles. The number of nitrogens with one attached hydrogen (secondary N) is 4. The first kappa shape index (κ1) is 51.3. The van der Waals surface area contributed by atoms with Gasteiger partial charge in [-0.2, -0.15) is 0 Å². The third-order valence-electron chi connectivity index (χ3n) is 12.8. The van der Waals surface area contributed by atoms with E-state index in [2.05, 4.69) is 20.9 Å². The summed E-state index contributed by atoms with van der Waals surface area (Å²) in [5, 5.41) is 17.1. The molecule has 2 atom stereocenters. The SMILES string of the molecule is CCOc1cc(C(CS(C)(=O)=O)N2C(=O)c3cccc(N4CCNCC4)c3C2=O)ccc1OC.CNc1cc(Oc2ccc(CN3CCCC(F)(F)C3)cc2)c(F)cc1C(=N)C1(C)CCC(=O)NC1=O. The minimum Gasteiger partial charge on any atom is -0.493 e. The van der Waals surface area contributed by atoms with Crippen LogP contribution in [-0.2, 0) is 26.0 Å². The molecule has 4 heterocycles. The monoisotopic (exact) mass is 989 g/mol. The Morgan fingerprint density at radius 3 is 2.30 bits per heavy atom. The number of hydrogen-bond donors (Lipinski definition) is 4. The fraction of sp³-hybridized carbons (Fsp3) is 0.420. The van der Waals surface area contributed by atoms with E-state index in [4.69, 9.17) is 19.6 Å². The van der Waals surface area contributed by atoms with Gasteiger partial charge in [-0.3, -0.25) is 34.3 Å². The number of nitrogens with zero attached hydrogens (tertiary/aromatic N) is 3. The second kappa shape index (κ2) is 21.2. The summed E-state index contributed by atoms with van der Waals surface area (Å²) < 4.78 is 83.8. The number of benzene rings is 4. The second-order valence-electron chi connectivity index (χ2n) is 17.9. The zero-order valence-electron chi connectivity index (χ0n) is 39.8. The molecule has 0 spiro atoms. The Morgan fingerprint density at radius 2 is 1.66 bits per heavy atom. The lowest BCUT2D eigenvalue weighted by molar-refractivity contribution is -0.138. The molecular weight excluding hydrogens is 932 g/mol. The predicted molar refractivity (Wildman–Crippen MR) is 258 cm³/mol. The molecule has 70 heavy (non-hydrogen) atoms. The summed E-state index contributed by atoms with van der Waals surface area (Å²) in [5.41, 5.74) is 1.85.